The summed E-state index contributed by atoms with van der Waals surface area (Å²) < 4.78 is 0. The van der Waals surface area contributed by atoms with Crippen molar-refractivity contribution in [1.29, 1.82) is 0 Å². The van der Waals surface area contributed by atoms with E-state index in [9.17, 15) is 0 Å². The number of para-hydroxylation sites is 2. The highest BCUT2D eigenvalue weighted by molar-refractivity contribution is 5.86. The Morgan fingerprint density at radius 3 is 1.55 bits per heavy atom. The van der Waals surface area contributed by atoms with Crippen molar-refractivity contribution in [1.82, 2.24) is 0 Å². The Morgan fingerprint density at radius 1 is 0.387 bits per heavy atom. The Kier molecular flexibility index (Phi) is 6.61. The number of nitrogens with one attached hydrogen (secondary N) is 2. The maximum Gasteiger partial charge on any atom is 0.0390 e. The van der Waals surface area contributed by atoms with E-state index >= 15 is 0 Å². The quantitative estimate of drug-likeness (QED) is 0.316. The molecule has 2 nitrogen and oxygen atoms in total. The zero-order chi connectivity index (χ0) is 21.3. The number of hydrogen-bond acceptors (Lipinski definition) is 2. The van der Waals surface area contributed by atoms with Crippen molar-refractivity contribution in [2.45, 2.75) is 6.92 Å². The fourth-order valence-electron chi connectivity index (χ4n) is 3.37. The molecule has 5 aromatic carbocycles. The van der Waals surface area contributed by atoms with Crippen molar-refractivity contribution in [2.24, 2.45) is 0 Å². The third kappa shape index (κ3) is 5.97. The molecule has 0 atom stereocenters. The van der Waals surface area contributed by atoms with Gasteiger partial charge in [0.05, 0.1) is 0 Å². The Hall–Kier alpha value is -4.04. The Morgan fingerprint density at radius 2 is 0.903 bits per heavy atom. The maximum atomic E-state index is 3.44. The van der Waals surface area contributed by atoms with Gasteiger partial charge >= 0.3 is 0 Å². The van der Waals surface area contributed by atoms with Gasteiger partial charge in [0.1, 0.15) is 0 Å². The molecule has 0 aliphatic heterocycles. The lowest BCUT2D eigenvalue weighted by Crippen LogP contribution is -1.90. The van der Waals surface area contributed by atoms with Crippen LogP contribution in [-0.4, -0.2) is 0 Å². The van der Waals surface area contributed by atoms with Crippen LogP contribution in [0.15, 0.2) is 127 Å². The molecule has 0 heterocycles. The second-order valence-electron chi connectivity index (χ2n) is 7.41. The SMILES string of the molecule is Cc1cccc(Nc2ccc3ccccc3c2)c1.c1ccc(Nc2ccccc2)cc1. The minimum Gasteiger partial charge on any atom is -0.356 e. The minimum atomic E-state index is 1.12. The Balaban J connectivity index is 0.000000158. The molecule has 0 aromatic heterocycles. The number of anilines is 4. The molecule has 0 spiro atoms. The van der Waals surface area contributed by atoms with E-state index in [1.165, 1.54) is 16.3 Å². The highest BCUT2D eigenvalue weighted by Crippen LogP contribution is 2.22. The van der Waals surface area contributed by atoms with Crippen LogP contribution in [0.3, 0.4) is 0 Å². The molecule has 2 N–H and O–H groups in total. The highest BCUT2D eigenvalue weighted by Gasteiger charge is 1.97. The summed E-state index contributed by atoms with van der Waals surface area (Å²) in [5.41, 5.74) is 5.76. The first-order valence-electron chi connectivity index (χ1n) is 10.5. The first kappa shape index (κ1) is 20.2. The van der Waals surface area contributed by atoms with E-state index in [2.05, 4.69) is 84.3 Å². The van der Waals surface area contributed by atoms with Gasteiger partial charge in [0.25, 0.3) is 0 Å². The van der Waals surface area contributed by atoms with Crippen LogP contribution in [0.1, 0.15) is 5.56 Å². The van der Waals surface area contributed by atoms with Gasteiger partial charge in [-0.05, 0) is 71.8 Å². The van der Waals surface area contributed by atoms with Crippen LogP contribution in [0.2, 0.25) is 0 Å². The van der Waals surface area contributed by atoms with Gasteiger partial charge in [0.15, 0.2) is 0 Å². The third-order valence-corrected chi connectivity index (χ3v) is 4.89. The first-order valence-corrected chi connectivity index (χ1v) is 10.5. The van der Waals surface area contributed by atoms with E-state index in [0.717, 1.165) is 22.7 Å². The molecule has 0 aliphatic rings. The number of hydrogen-bond donors (Lipinski definition) is 2. The second-order valence-corrected chi connectivity index (χ2v) is 7.41. The lowest BCUT2D eigenvalue weighted by molar-refractivity contribution is 1.45. The summed E-state index contributed by atoms with van der Waals surface area (Å²) in [5, 5.41) is 9.27. The van der Waals surface area contributed by atoms with Crippen molar-refractivity contribution in [3.05, 3.63) is 133 Å². The molecule has 0 radical (unpaired) electrons. The molecule has 152 valence electrons. The van der Waals surface area contributed by atoms with Crippen LogP contribution in [0, 0.1) is 6.92 Å². The summed E-state index contributed by atoms with van der Waals surface area (Å²) in [6.45, 7) is 2.10. The van der Waals surface area contributed by atoms with Crippen molar-refractivity contribution in [2.75, 3.05) is 10.6 Å². The van der Waals surface area contributed by atoms with E-state index in [0.29, 0.717) is 0 Å². The van der Waals surface area contributed by atoms with Crippen LogP contribution in [-0.2, 0) is 0 Å². The van der Waals surface area contributed by atoms with E-state index in [1.54, 1.807) is 0 Å². The molecule has 5 aromatic rings. The molecule has 0 aliphatic carbocycles. The molecular formula is C29H26N2. The maximum absolute atomic E-state index is 3.44. The van der Waals surface area contributed by atoms with Crippen molar-refractivity contribution in [3.8, 4) is 0 Å². The molecule has 0 amide bonds. The predicted molar refractivity (Wildman–Crippen MR) is 135 cm³/mol. The zero-order valence-electron chi connectivity index (χ0n) is 17.6. The van der Waals surface area contributed by atoms with Crippen LogP contribution < -0.4 is 10.6 Å². The fraction of sp³-hybridized carbons (Fsp3) is 0.0345. The van der Waals surface area contributed by atoms with Gasteiger partial charge in [-0.3, -0.25) is 0 Å². The highest BCUT2D eigenvalue weighted by atomic mass is 14.9. The lowest BCUT2D eigenvalue weighted by atomic mass is 10.1. The molecule has 0 unspecified atom stereocenters. The van der Waals surface area contributed by atoms with Gasteiger partial charge in [0.2, 0.25) is 0 Å². The van der Waals surface area contributed by atoms with E-state index in [1.807, 2.05) is 60.7 Å². The summed E-state index contributed by atoms with van der Waals surface area (Å²) in [6.07, 6.45) is 0. The van der Waals surface area contributed by atoms with Gasteiger partial charge in [0, 0.05) is 22.7 Å². The molecule has 2 heteroatoms. The smallest absolute Gasteiger partial charge is 0.0390 e. The predicted octanol–water partition coefficient (Wildman–Crippen LogP) is 8.32. The second kappa shape index (κ2) is 10.1. The molecule has 0 fully saturated rings. The van der Waals surface area contributed by atoms with Gasteiger partial charge < -0.3 is 10.6 Å². The van der Waals surface area contributed by atoms with Gasteiger partial charge in [-0.1, -0.05) is 78.9 Å². The number of rotatable bonds is 4. The lowest BCUT2D eigenvalue weighted by Gasteiger charge is -2.08. The largest absolute Gasteiger partial charge is 0.356 e. The van der Waals surface area contributed by atoms with E-state index in [4.69, 9.17) is 0 Å². The molecule has 0 saturated heterocycles. The van der Waals surface area contributed by atoms with Crippen LogP contribution in [0.4, 0.5) is 22.7 Å². The third-order valence-electron chi connectivity index (χ3n) is 4.89. The van der Waals surface area contributed by atoms with Gasteiger partial charge in [-0.25, -0.2) is 0 Å². The molecule has 5 rings (SSSR count). The number of benzene rings is 5. The zero-order valence-corrected chi connectivity index (χ0v) is 17.6. The van der Waals surface area contributed by atoms with Gasteiger partial charge in [-0.2, -0.15) is 0 Å². The normalized spacial score (nSPS) is 10.1. The summed E-state index contributed by atoms with van der Waals surface area (Å²) in [4.78, 5) is 0. The first-order chi connectivity index (χ1) is 15.3. The van der Waals surface area contributed by atoms with Crippen LogP contribution in [0.5, 0.6) is 0 Å². The van der Waals surface area contributed by atoms with Crippen molar-refractivity contribution < 1.29 is 0 Å². The standard InChI is InChI=1S/C17H15N.C12H11N/c1-13-5-4-8-16(11-13)18-17-10-9-14-6-2-3-7-15(14)12-17;1-3-7-11(8-4-1)13-12-9-5-2-6-10-12/h2-12,18H,1H3;1-10,13H. The number of fused-ring (bicyclic) bond motifs is 1. The molecule has 31 heavy (non-hydrogen) atoms. The Bertz CT molecular complexity index is 1190. The molecule has 0 bridgehead atoms. The van der Waals surface area contributed by atoms with Crippen LogP contribution in [0.25, 0.3) is 10.8 Å². The average molecular weight is 403 g/mol. The fourth-order valence-corrected chi connectivity index (χ4v) is 3.37. The van der Waals surface area contributed by atoms with E-state index < -0.39 is 0 Å². The summed E-state index contributed by atoms with van der Waals surface area (Å²) >= 11 is 0. The number of aryl methyl sites for hydroxylation is 1. The minimum absolute atomic E-state index is 1.12. The topological polar surface area (TPSA) is 24.1 Å². The van der Waals surface area contributed by atoms with Gasteiger partial charge in [-0.15, -0.1) is 0 Å². The molecular weight excluding hydrogens is 376 g/mol. The average Bonchev–Trinajstić information content (AvgIpc) is 2.81. The summed E-state index contributed by atoms with van der Waals surface area (Å²) in [5.74, 6) is 0. The summed E-state index contributed by atoms with van der Waals surface area (Å²) in [6, 6.07) is 43.5. The monoisotopic (exact) mass is 402 g/mol. The van der Waals surface area contributed by atoms with Crippen molar-refractivity contribution >= 4 is 33.5 Å². The molecule has 0 saturated carbocycles. The summed E-state index contributed by atoms with van der Waals surface area (Å²) in [7, 11) is 0. The van der Waals surface area contributed by atoms with Crippen LogP contribution >= 0.6 is 0 Å². The van der Waals surface area contributed by atoms with E-state index in [-0.39, 0.29) is 0 Å². The van der Waals surface area contributed by atoms with Crippen molar-refractivity contribution in [3.63, 3.8) is 0 Å². The Labute approximate surface area is 184 Å².